The number of allylic oxidation sites excluding steroid dienone is 1. The van der Waals surface area contributed by atoms with E-state index in [1.807, 2.05) is 30.3 Å². The van der Waals surface area contributed by atoms with Crippen molar-refractivity contribution in [3.63, 3.8) is 0 Å². The number of methoxy groups -OCH3 is 3. The number of rotatable bonds is 6. The molecule has 3 rings (SSSR count). The third-order valence-corrected chi connectivity index (χ3v) is 4.02. The van der Waals surface area contributed by atoms with Crippen molar-refractivity contribution >= 4 is 11.4 Å². The number of ketones is 1. The van der Waals surface area contributed by atoms with Crippen LogP contribution in [0.4, 0.5) is 0 Å². The van der Waals surface area contributed by atoms with Crippen LogP contribution in [-0.2, 0) is 0 Å². The maximum atomic E-state index is 13.2. The average Bonchev–Trinajstić information content (AvgIpc) is 3.49. The minimum Gasteiger partial charge on any atom is -0.493 e. The average molecular weight is 336 g/mol. The fourth-order valence-corrected chi connectivity index (χ4v) is 2.59. The molecule has 0 atom stereocenters. The second-order valence-electron chi connectivity index (χ2n) is 5.71. The number of benzene rings is 2. The highest BCUT2D eigenvalue weighted by Crippen LogP contribution is 2.39. The summed E-state index contributed by atoms with van der Waals surface area (Å²) in [5.74, 6) is 1.26. The van der Waals surface area contributed by atoms with Gasteiger partial charge in [-0.25, -0.2) is 0 Å². The highest BCUT2D eigenvalue weighted by atomic mass is 16.5. The summed E-state index contributed by atoms with van der Waals surface area (Å²) in [6.45, 7) is 0. The lowest BCUT2D eigenvalue weighted by atomic mass is 9.96. The number of hydrogen-bond acceptors (Lipinski definition) is 4. The Morgan fingerprint density at radius 1 is 0.880 bits per heavy atom. The van der Waals surface area contributed by atoms with Crippen LogP contribution in [0.2, 0.25) is 0 Å². The fourth-order valence-electron chi connectivity index (χ4n) is 2.59. The van der Waals surface area contributed by atoms with E-state index in [0.717, 1.165) is 18.4 Å². The molecule has 0 bridgehead atoms. The van der Waals surface area contributed by atoms with Gasteiger partial charge in [0.25, 0.3) is 0 Å². The third kappa shape index (κ3) is 3.59. The Bertz CT molecular complexity index is 828. The Balaban J connectivity index is 2.12. The summed E-state index contributed by atoms with van der Waals surface area (Å²) in [7, 11) is 4.60. The van der Waals surface area contributed by atoms with Crippen molar-refractivity contribution < 1.29 is 19.0 Å². The molecule has 128 valence electrons. The van der Waals surface area contributed by atoms with Crippen molar-refractivity contribution in [3.8, 4) is 17.2 Å². The summed E-state index contributed by atoms with van der Waals surface area (Å²) in [5.41, 5.74) is 6.33. The molecule has 25 heavy (non-hydrogen) atoms. The molecule has 0 aromatic heterocycles. The van der Waals surface area contributed by atoms with Gasteiger partial charge >= 0.3 is 0 Å². The van der Waals surface area contributed by atoms with E-state index in [9.17, 15) is 4.79 Å². The number of hydrogen-bond donors (Lipinski definition) is 0. The largest absolute Gasteiger partial charge is 0.493 e. The molecular weight excluding hydrogens is 316 g/mol. The normalized spacial score (nSPS) is 12.2. The second kappa shape index (κ2) is 7.29. The molecule has 2 aromatic rings. The van der Waals surface area contributed by atoms with Gasteiger partial charge in [0.05, 0.1) is 26.9 Å². The molecule has 0 spiro atoms. The van der Waals surface area contributed by atoms with Crippen molar-refractivity contribution in [3.05, 3.63) is 64.9 Å². The number of Topliss-reactive ketones (excluding diaryl/α,β-unsaturated/α-hetero) is 1. The lowest BCUT2D eigenvalue weighted by Gasteiger charge is -2.14. The Morgan fingerprint density at radius 3 is 1.96 bits per heavy atom. The van der Waals surface area contributed by atoms with Crippen LogP contribution in [-0.4, -0.2) is 27.1 Å². The van der Waals surface area contributed by atoms with Gasteiger partial charge in [-0.15, -0.1) is 5.73 Å². The fraction of sp³-hybridized carbons (Fsp3) is 0.238. The molecule has 0 aliphatic heterocycles. The Hall–Kier alpha value is -2.97. The zero-order chi connectivity index (χ0) is 17.8. The molecule has 1 fully saturated rings. The third-order valence-electron chi connectivity index (χ3n) is 4.02. The van der Waals surface area contributed by atoms with Gasteiger partial charge in [0.15, 0.2) is 11.5 Å². The van der Waals surface area contributed by atoms with Crippen LogP contribution in [0.1, 0.15) is 28.8 Å². The molecule has 4 nitrogen and oxygen atoms in total. The van der Waals surface area contributed by atoms with Gasteiger partial charge in [-0.2, -0.15) is 0 Å². The number of ether oxygens (including phenoxy) is 3. The van der Waals surface area contributed by atoms with Crippen molar-refractivity contribution in [1.82, 2.24) is 0 Å². The van der Waals surface area contributed by atoms with Gasteiger partial charge in [-0.3, -0.25) is 4.79 Å². The van der Waals surface area contributed by atoms with Crippen LogP contribution in [0.25, 0.3) is 5.57 Å². The lowest BCUT2D eigenvalue weighted by molar-refractivity contribution is 0.105. The molecule has 0 amide bonds. The molecular formula is C21H20O4. The van der Waals surface area contributed by atoms with Gasteiger partial charge < -0.3 is 14.2 Å². The summed E-state index contributed by atoms with van der Waals surface area (Å²) in [6, 6.07) is 12.9. The summed E-state index contributed by atoms with van der Waals surface area (Å²) in [6.07, 6.45) is 2.00. The van der Waals surface area contributed by atoms with Crippen LogP contribution in [0.5, 0.6) is 17.2 Å². The maximum Gasteiger partial charge on any atom is 0.203 e. The first-order valence-corrected chi connectivity index (χ1v) is 8.06. The molecule has 1 aliphatic carbocycles. The van der Waals surface area contributed by atoms with E-state index in [-0.39, 0.29) is 5.78 Å². The van der Waals surface area contributed by atoms with E-state index in [4.69, 9.17) is 14.2 Å². The van der Waals surface area contributed by atoms with E-state index in [2.05, 4.69) is 5.73 Å². The summed E-state index contributed by atoms with van der Waals surface area (Å²) in [5, 5.41) is 0. The zero-order valence-electron chi connectivity index (χ0n) is 14.6. The van der Waals surface area contributed by atoms with E-state index >= 15 is 0 Å². The summed E-state index contributed by atoms with van der Waals surface area (Å²) in [4.78, 5) is 13.2. The Kier molecular flexibility index (Phi) is 4.92. The quantitative estimate of drug-likeness (QED) is 0.448. The van der Waals surface area contributed by atoms with Crippen molar-refractivity contribution in [1.29, 1.82) is 0 Å². The molecule has 0 saturated heterocycles. The SMILES string of the molecule is COc1cc(C(=O)C(=C=C2CC2)c2ccccc2)cc(OC)c1OC. The summed E-state index contributed by atoms with van der Waals surface area (Å²) < 4.78 is 16.0. The predicted molar refractivity (Wildman–Crippen MR) is 96.5 cm³/mol. The minimum atomic E-state index is -0.121. The van der Waals surface area contributed by atoms with Gasteiger partial charge in [0.2, 0.25) is 11.5 Å². The molecule has 2 aromatic carbocycles. The maximum absolute atomic E-state index is 13.2. The van der Waals surface area contributed by atoms with Crippen molar-refractivity contribution in [2.45, 2.75) is 12.8 Å². The first-order chi connectivity index (χ1) is 12.2. The van der Waals surface area contributed by atoms with Gasteiger partial charge in [-0.05, 0) is 36.1 Å². The molecule has 0 radical (unpaired) electrons. The van der Waals surface area contributed by atoms with Crippen LogP contribution in [0.3, 0.4) is 0 Å². The van der Waals surface area contributed by atoms with E-state index in [1.165, 1.54) is 26.9 Å². The van der Waals surface area contributed by atoms with Gasteiger partial charge in [0, 0.05) is 5.56 Å². The zero-order valence-corrected chi connectivity index (χ0v) is 14.6. The first kappa shape index (κ1) is 16.9. The van der Waals surface area contributed by atoms with Crippen LogP contribution in [0, 0.1) is 0 Å². The smallest absolute Gasteiger partial charge is 0.203 e. The van der Waals surface area contributed by atoms with Crippen molar-refractivity contribution in [2.24, 2.45) is 0 Å². The molecule has 4 heteroatoms. The van der Waals surface area contributed by atoms with E-state index in [0.29, 0.717) is 28.4 Å². The van der Waals surface area contributed by atoms with Crippen LogP contribution >= 0.6 is 0 Å². The standard InChI is InChI=1S/C21H20O4/c1-23-18-12-16(13-19(24-2)21(18)25-3)20(22)17(11-14-9-10-14)15-7-5-4-6-8-15/h4-8,12-13H,9-10H2,1-3H3. The van der Waals surface area contributed by atoms with Gasteiger partial charge in [-0.1, -0.05) is 30.3 Å². The minimum absolute atomic E-state index is 0.121. The van der Waals surface area contributed by atoms with E-state index in [1.54, 1.807) is 12.1 Å². The van der Waals surface area contributed by atoms with Crippen molar-refractivity contribution in [2.75, 3.05) is 21.3 Å². The molecule has 0 heterocycles. The predicted octanol–water partition coefficient (Wildman–Crippen LogP) is 4.30. The molecule has 1 saturated carbocycles. The van der Waals surface area contributed by atoms with Crippen LogP contribution < -0.4 is 14.2 Å². The second-order valence-corrected chi connectivity index (χ2v) is 5.71. The highest BCUT2D eigenvalue weighted by molar-refractivity contribution is 6.29. The number of carbonyl (C=O) groups is 1. The van der Waals surface area contributed by atoms with Crippen LogP contribution in [0.15, 0.2) is 53.8 Å². The number of carbonyl (C=O) groups excluding carboxylic acids is 1. The molecule has 0 unspecified atom stereocenters. The van der Waals surface area contributed by atoms with Gasteiger partial charge in [0.1, 0.15) is 0 Å². The molecule has 1 aliphatic rings. The summed E-state index contributed by atoms with van der Waals surface area (Å²) >= 11 is 0. The topological polar surface area (TPSA) is 44.8 Å². The lowest BCUT2D eigenvalue weighted by Crippen LogP contribution is -2.05. The highest BCUT2D eigenvalue weighted by Gasteiger charge is 2.21. The Labute approximate surface area is 147 Å². The Morgan fingerprint density at radius 2 is 1.48 bits per heavy atom. The monoisotopic (exact) mass is 336 g/mol. The van der Waals surface area contributed by atoms with E-state index < -0.39 is 0 Å². The first-order valence-electron chi connectivity index (χ1n) is 8.06. The molecule has 0 N–H and O–H groups in total.